The van der Waals surface area contributed by atoms with Gasteiger partial charge in [-0.25, -0.2) is 12.8 Å². The summed E-state index contributed by atoms with van der Waals surface area (Å²) in [4.78, 5) is 11.9. The lowest BCUT2D eigenvalue weighted by molar-refractivity contribution is -0.122. The number of carbonyl (C=O) groups is 1. The minimum Gasteiger partial charge on any atom is -0.488 e. The number of carbonyl (C=O) groups excluding carboxylic acids is 1. The molecule has 7 heteroatoms. The van der Waals surface area contributed by atoms with Gasteiger partial charge in [0.1, 0.15) is 0 Å². The van der Waals surface area contributed by atoms with Crippen LogP contribution in [0.1, 0.15) is 32.3 Å². The maximum atomic E-state index is 13.8. The third-order valence-electron chi connectivity index (χ3n) is 3.65. The minimum atomic E-state index is -2.97. The van der Waals surface area contributed by atoms with Crippen LogP contribution in [0, 0.1) is 11.7 Å². The highest BCUT2D eigenvalue weighted by Crippen LogP contribution is 2.22. The van der Waals surface area contributed by atoms with Gasteiger partial charge in [0.05, 0.1) is 17.6 Å². The minimum absolute atomic E-state index is 0.0796. The van der Waals surface area contributed by atoms with Crippen molar-refractivity contribution in [3.63, 3.8) is 0 Å². The van der Waals surface area contributed by atoms with Gasteiger partial charge in [0.2, 0.25) is 5.91 Å². The van der Waals surface area contributed by atoms with E-state index < -0.39 is 15.7 Å². The fourth-order valence-corrected chi connectivity index (χ4v) is 4.43. The fraction of sp³-hybridized carbons (Fsp3) is 0.562. The molecule has 23 heavy (non-hydrogen) atoms. The molecule has 1 amide bonds. The molecule has 1 aromatic rings. The molecular weight excluding hydrogens is 321 g/mol. The second-order valence-corrected chi connectivity index (χ2v) is 8.41. The zero-order valence-corrected chi connectivity index (χ0v) is 14.2. The highest BCUT2D eigenvalue weighted by Gasteiger charge is 2.29. The summed E-state index contributed by atoms with van der Waals surface area (Å²) in [5, 5.41) is 2.70. The topological polar surface area (TPSA) is 72.5 Å². The van der Waals surface area contributed by atoms with E-state index in [1.807, 2.05) is 13.8 Å². The van der Waals surface area contributed by atoms with Crippen LogP contribution >= 0.6 is 0 Å². The average Bonchev–Trinajstić information content (AvgIpc) is 2.78. The van der Waals surface area contributed by atoms with Gasteiger partial charge in [-0.1, -0.05) is 6.07 Å². The number of rotatable bonds is 6. The molecule has 1 aliphatic heterocycles. The Balaban J connectivity index is 1.83. The highest BCUT2D eigenvalue weighted by atomic mass is 32.2. The van der Waals surface area contributed by atoms with Crippen LogP contribution in [-0.2, 0) is 21.2 Å². The average molecular weight is 343 g/mol. The molecule has 0 aliphatic carbocycles. The van der Waals surface area contributed by atoms with Crippen molar-refractivity contribution in [3.05, 3.63) is 29.6 Å². The summed E-state index contributed by atoms with van der Waals surface area (Å²) < 4.78 is 41.9. The summed E-state index contributed by atoms with van der Waals surface area (Å²) >= 11 is 0. The lowest BCUT2D eigenvalue weighted by Gasteiger charge is -2.12. The molecule has 128 valence electrons. The maximum Gasteiger partial charge on any atom is 0.220 e. The number of sulfone groups is 1. The van der Waals surface area contributed by atoms with Crippen LogP contribution < -0.4 is 10.1 Å². The van der Waals surface area contributed by atoms with E-state index in [-0.39, 0.29) is 48.1 Å². The van der Waals surface area contributed by atoms with Gasteiger partial charge in [0, 0.05) is 13.0 Å². The molecular formula is C16H22FNO4S. The standard InChI is InChI=1S/C16H22FNO4S/c1-11(2)22-15-4-3-12(7-14(15)17)9-18-16(19)8-13-5-6-23(20,21)10-13/h3-4,7,11,13H,5-6,8-10H2,1-2H3,(H,18,19)/t13-/m1/s1. The first-order valence-corrected chi connectivity index (χ1v) is 9.49. The van der Waals surface area contributed by atoms with Crippen LogP contribution in [0.2, 0.25) is 0 Å². The molecule has 0 radical (unpaired) electrons. The lowest BCUT2D eigenvalue weighted by Crippen LogP contribution is -2.25. The lowest BCUT2D eigenvalue weighted by atomic mass is 10.0. The Morgan fingerprint density at radius 1 is 1.43 bits per heavy atom. The zero-order chi connectivity index (χ0) is 17.0. The Labute approximate surface area is 136 Å². The summed E-state index contributed by atoms with van der Waals surface area (Å²) in [6.07, 6.45) is 0.611. The Bertz CT molecular complexity index is 673. The van der Waals surface area contributed by atoms with Gasteiger partial charge in [-0.2, -0.15) is 0 Å². The predicted molar refractivity (Wildman–Crippen MR) is 85.4 cm³/mol. The SMILES string of the molecule is CC(C)Oc1ccc(CNC(=O)C[C@H]2CCS(=O)(=O)C2)cc1F. The molecule has 1 heterocycles. The summed E-state index contributed by atoms with van der Waals surface area (Å²) in [5.41, 5.74) is 0.631. The second kappa shape index (κ2) is 7.29. The van der Waals surface area contributed by atoms with Gasteiger partial charge in [0.15, 0.2) is 21.4 Å². The van der Waals surface area contributed by atoms with Gasteiger partial charge < -0.3 is 10.1 Å². The first-order chi connectivity index (χ1) is 10.7. The molecule has 1 fully saturated rings. The van der Waals surface area contributed by atoms with E-state index in [9.17, 15) is 17.6 Å². The van der Waals surface area contributed by atoms with Gasteiger partial charge in [-0.3, -0.25) is 4.79 Å². The van der Waals surface area contributed by atoms with Crippen LogP contribution in [0.5, 0.6) is 5.75 Å². The smallest absolute Gasteiger partial charge is 0.220 e. The molecule has 0 spiro atoms. The van der Waals surface area contributed by atoms with E-state index >= 15 is 0 Å². The molecule has 1 atom stereocenters. The van der Waals surface area contributed by atoms with Crippen LogP contribution in [0.3, 0.4) is 0 Å². The Morgan fingerprint density at radius 3 is 2.74 bits per heavy atom. The molecule has 0 aromatic heterocycles. The monoisotopic (exact) mass is 343 g/mol. The van der Waals surface area contributed by atoms with E-state index in [2.05, 4.69) is 5.32 Å². The van der Waals surface area contributed by atoms with Crippen LogP contribution in [-0.4, -0.2) is 31.9 Å². The highest BCUT2D eigenvalue weighted by molar-refractivity contribution is 7.91. The van der Waals surface area contributed by atoms with E-state index in [1.165, 1.54) is 6.07 Å². The van der Waals surface area contributed by atoms with Crippen LogP contribution in [0.15, 0.2) is 18.2 Å². The predicted octanol–water partition coefficient (Wildman–Crippen LogP) is 2.05. The first kappa shape index (κ1) is 17.7. The summed E-state index contributed by atoms with van der Waals surface area (Å²) in [5.74, 6) is -0.365. The number of benzene rings is 1. The van der Waals surface area contributed by atoms with Crippen molar-refractivity contribution in [2.45, 2.75) is 39.3 Å². The quantitative estimate of drug-likeness (QED) is 0.858. The summed E-state index contributed by atoms with van der Waals surface area (Å²) in [6.45, 7) is 3.84. The normalized spacial score (nSPS) is 19.7. The van der Waals surface area contributed by atoms with Gasteiger partial charge in [0.25, 0.3) is 0 Å². The third-order valence-corrected chi connectivity index (χ3v) is 5.49. The van der Waals surface area contributed by atoms with Crippen molar-refractivity contribution in [2.24, 2.45) is 5.92 Å². The van der Waals surface area contributed by atoms with Crippen molar-refractivity contribution < 1.29 is 22.3 Å². The number of amides is 1. The van der Waals surface area contributed by atoms with E-state index in [0.717, 1.165) is 0 Å². The van der Waals surface area contributed by atoms with Gasteiger partial charge in [-0.05, 0) is 43.9 Å². The van der Waals surface area contributed by atoms with Crippen molar-refractivity contribution in [3.8, 4) is 5.75 Å². The van der Waals surface area contributed by atoms with E-state index in [4.69, 9.17) is 4.74 Å². The Morgan fingerprint density at radius 2 is 2.17 bits per heavy atom. The number of hydrogen-bond acceptors (Lipinski definition) is 4. The molecule has 1 aliphatic rings. The third kappa shape index (κ3) is 5.49. The molecule has 0 unspecified atom stereocenters. The number of hydrogen-bond donors (Lipinski definition) is 1. The van der Waals surface area contributed by atoms with Crippen molar-refractivity contribution in [1.82, 2.24) is 5.32 Å². The maximum absolute atomic E-state index is 13.8. The Hall–Kier alpha value is -1.63. The van der Waals surface area contributed by atoms with Gasteiger partial charge >= 0.3 is 0 Å². The second-order valence-electron chi connectivity index (χ2n) is 6.18. The summed E-state index contributed by atoms with van der Waals surface area (Å²) in [6, 6.07) is 4.57. The van der Waals surface area contributed by atoms with Crippen molar-refractivity contribution in [2.75, 3.05) is 11.5 Å². The molecule has 5 nitrogen and oxygen atoms in total. The fourth-order valence-electron chi connectivity index (χ4n) is 2.57. The summed E-state index contributed by atoms with van der Waals surface area (Å²) in [7, 11) is -2.97. The number of ether oxygens (including phenoxy) is 1. The molecule has 0 bridgehead atoms. The molecule has 2 rings (SSSR count). The van der Waals surface area contributed by atoms with Gasteiger partial charge in [-0.15, -0.1) is 0 Å². The van der Waals surface area contributed by atoms with Crippen molar-refractivity contribution in [1.29, 1.82) is 0 Å². The molecule has 0 saturated carbocycles. The zero-order valence-electron chi connectivity index (χ0n) is 13.3. The molecule has 1 aromatic carbocycles. The first-order valence-electron chi connectivity index (χ1n) is 7.67. The van der Waals surface area contributed by atoms with E-state index in [1.54, 1.807) is 12.1 Å². The molecule has 1 N–H and O–H groups in total. The molecule has 1 saturated heterocycles. The van der Waals surface area contributed by atoms with Crippen molar-refractivity contribution >= 4 is 15.7 Å². The number of nitrogens with one attached hydrogen (secondary N) is 1. The van der Waals surface area contributed by atoms with E-state index in [0.29, 0.717) is 12.0 Å². The largest absolute Gasteiger partial charge is 0.488 e. The van der Waals surface area contributed by atoms with Crippen LogP contribution in [0.25, 0.3) is 0 Å². The number of halogens is 1. The van der Waals surface area contributed by atoms with Crippen LogP contribution in [0.4, 0.5) is 4.39 Å². The Kier molecular flexibility index (Phi) is 5.62.